The number of aromatic nitrogens is 3. The first kappa shape index (κ1) is 20.1. The Balaban J connectivity index is 1.42. The summed E-state index contributed by atoms with van der Waals surface area (Å²) >= 11 is 0. The second kappa shape index (κ2) is 8.72. The van der Waals surface area contributed by atoms with Gasteiger partial charge in [-0.15, -0.1) is 0 Å². The number of pyridine rings is 1. The third kappa shape index (κ3) is 4.15. The summed E-state index contributed by atoms with van der Waals surface area (Å²) in [7, 11) is 0. The Morgan fingerprint density at radius 2 is 1.69 bits per heavy atom. The summed E-state index contributed by atoms with van der Waals surface area (Å²) in [5.74, 6) is 0.730. The van der Waals surface area contributed by atoms with Gasteiger partial charge in [-0.3, -0.25) is 4.79 Å². The molecule has 1 amide bonds. The van der Waals surface area contributed by atoms with E-state index in [0.717, 1.165) is 48.6 Å². The van der Waals surface area contributed by atoms with Gasteiger partial charge in [0.05, 0.1) is 11.2 Å². The first-order valence-electron chi connectivity index (χ1n) is 10.7. The average Bonchev–Trinajstić information content (AvgIpc) is 2.85. The van der Waals surface area contributed by atoms with Gasteiger partial charge >= 0.3 is 0 Å². The second-order valence-electron chi connectivity index (χ2n) is 7.90. The smallest absolute Gasteiger partial charge is 0.253 e. The van der Waals surface area contributed by atoms with Crippen LogP contribution in [0.3, 0.4) is 0 Å². The number of fused-ring (bicyclic) bond motifs is 1. The Morgan fingerprint density at radius 3 is 2.44 bits per heavy atom. The summed E-state index contributed by atoms with van der Waals surface area (Å²) < 4.78 is 0. The quantitative estimate of drug-likeness (QED) is 0.519. The number of piperazine rings is 1. The van der Waals surface area contributed by atoms with Crippen molar-refractivity contribution in [1.29, 1.82) is 0 Å². The highest BCUT2D eigenvalue weighted by Gasteiger charge is 2.18. The van der Waals surface area contributed by atoms with Gasteiger partial charge in [-0.25, -0.2) is 15.0 Å². The van der Waals surface area contributed by atoms with Crippen LogP contribution in [-0.2, 0) is 0 Å². The highest BCUT2D eigenvalue weighted by molar-refractivity contribution is 5.95. The van der Waals surface area contributed by atoms with Crippen molar-refractivity contribution in [2.75, 3.05) is 31.5 Å². The zero-order chi connectivity index (χ0) is 21.9. The van der Waals surface area contributed by atoms with Crippen LogP contribution in [0.4, 0.5) is 11.5 Å². The van der Waals surface area contributed by atoms with Crippen molar-refractivity contribution in [3.05, 3.63) is 78.1 Å². The first-order chi connectivity index (χ1) is 15.7. The lowest BCUT2D eigenvalue weighted by Gasteiger charge is -2.27. The molecule has 2 aromatic heterocycles. The van der Waals surface area contributed by atoms with Crippen molar-refractivity contribution in [3.63, 3.8) is 0 Å². The number of carbonyl (C=O) groups excluding carboxylic acids is 1. The van der Waals surface area contributed by atoms with Crippen molar-refractivity contribution in [1.82, 2.24) is 25.2 Å². The van der Waals surface area contributed by atoms with E-state index in [1.165, 1.54) is 11.9 Å². The van der Waals surface area contributed by atoms with Crippen LogP contribution in [0, 0.1) is 6.92 Å². The SMILES string of the molecule is Cc1ccc(Nc2ncnc3ccc(-c4ccc(C(=O)N5CCNCC5)cc4)nc23)cc1. The Morgan fingerprint density at radius 1 is 0.938 bits per heavy atom. The molecule has 1 fully saturated rings. The lowest BCUT2D eigenvalue weighted by Crippen LogP contribution is -2.46. The third-order valence-corrected chi connectivity index (χ3v) is 5.63. The van der Waals surface area contributed by atoms with Gasteiger partial charge in [0.1, 0.15) is 11.8 Å². The van der Waals surface area contributed by atoms with E-state index in [2.05, 4.69) is 27.5 Å². The molecule has 2 aromatic carbocycles. The molecule has 0 saturated carbocycles. The fourth-order valence-electron chi connectivity index (χ4n) is 3.80. The van der Waals surface area contributed by atoms with E-state index in [4.69, 9.17) is 4.98 Å². The summed E-state index contributed by atoms with van der Waals surface area (Å²) in [4.78, 5) is 28.2. The van der Waals surface area contributed by atoms with Gasteiger partial charge in [-0.2, -0.15) is 0 Å². The zero-order valence-corrected chi connectivity index (χ0v) is 17.9. The van der Waals surface area contributed by atoms with Crippen LogP contribution in [0.15, 0.2) is 67.0 Å². The van der Waals surface area contributed by atoms with Gasteiger partial charge in [-0.1, -0.05) is 29.8 Å². The molecule has 0 unspecified atom stereocenters. The standard InChI is InChI=1S/C25H24N6O/c1-17-2-8-20(9-3-17)29-24-23-22(27-16-28-24)11-10-21(30-23)18-4-6-19(7-5-18)25(32)31-14-12-26-13-15-31/h2-11,16,26H,12-15H2,1H3,(H,27,28,29). The van der Waals surface area contributed by atoms with Crippen LogP contribution in [0.1, 0.15) is 15.9 Å². The Kier molecular flexibility index (Phi) is 5.47. The Hall–Kier alpha value is -3.84. The van der Waals surface area contributed by atoms with Crippen molar-refractivity contribution >= 4 is 28.4 Å². The molecule has 2 N–H and O–H groups in total. The number of benzene rings is 2. The fourth-order valence-corrected chi connectivity index (χ4v) is 3.80. The number of hydrogen-bond donors (Lipinski definition) is 2. The summed E-state index contributed by atoms with van der Waals surface area (Å²) in [5, 5.41) is 6.62. The van der Waals surface area contributed by atoms with Crippen LogP contribution in [0.5, 0.6) is 0 Å². The minimum absolute atomic E-state index is 0.0718. The maximum Gasteiger partial charge on any atom is 0.253 e. The summed E-state index contributed by atoms with van der Waals surface area (Å²) in [6.45, 7) is 5.21. The lowest BCUT2D eigenvalue weighted by molar-refractivity contribution is 0.0736. The molecule has 1 aliphatic rings. The third-order valence-electron chi connectivity index (χ3n) is 5.63. The summed E-state index contributed by atoms with van der Waals surface area (Å²) in [5.41, 5.74) is 6.05. The lowest BCUT2D eigenvalue weighted by atomic mass is 10.1. The predicted molar refractivity (Wildman–Crippen MR) is 126 cm³/mol. The zero-order valence-electron chi connectivity index (χ0n) is 17.9. The minimum Gasteiger partial charge on any atom is -0.338 e. The van der Waals surface area contributed by atoms with Gasteiger partial charge in [-0.05, 0) is 43.3 Å². The number of anilines is 2. The molecular formula is C25H24N6O. The molecule has 3 heterocycles. The number of aryl methyl sites for hydroxylation is 1. The van der Waals surface area contributed by atoms with Crippen LogP contribution in [0.2, 0.25) is 0 Å². The number of rotatable bonds is 4. The largest absolute Gasteiger partial charge is 0.338 e. The highest BCUT2D eigenvalue weighted by atomic mass is 16.2. The van der Waals surface area contributed by atoms with Crippen molar-refractivity contribution in [3.8, 4) is 11.3 Å². The Labute approximate surface area is 186 Å². The van der Waals surface area contributed by atoms with Gasteiger partial charge in [0, 0.05) is 43.0 Å². The molecule has 7 heteroatoms. The molecule has 4 aromatic rings. The summed E-state index contributed by atoms with van der Waals surface area (Å²) in [6.07, 6.45) is 1.54. The van der Waals surface area contributed by atoms with E-state index in [1.54, 1.807) is 0 Å². The molecule has 0 bridgehead atoms. The Bertz CT molecular complexity index is 1250. The molecular weight excluding hydrogens is 400 g/mol. The molecule has 5 rings (SSSR count). The van der Waals surface area contributed by atoms with Crippen LogP contribution < -0.4 is 10.6 Å². The molecule has 1 aliphatic heterocycles. The van der Waals surface area contributed by atoms with E-state index < -0.39 is 0 Å². The van der Waals surface area contributed by atoms with Gasteiger partial charge in [0.15, 0.2) is 5.82 Å². The predicted octanol–water partition coefficient (Wildman–Crippen LogP) is 3.79. The van der Waals surface area contributed by atoms with Crippen LogP contribution in [-0.4, -0.2) is 51.9 Å². The minimum atomic E-state index is 0.0718. The number of nitrogens with zero attached hydrogens (tertiary/aromatic N) is 4. The molecule has 0 spiro atoms. The summed E-state index contributed by atoms with van der Waals surface area (Å²) in [6, 6.07) is 19.7. The second-order valence-corrected chi connectivity index (χ2v) is 7.90. The van der Waals surface area contributed by atoms with E-state index in [1.807, 2.05) is 65.6 Å². The van der Waals surface area contributed by atoms with Crippen LogP contribution >= 0.6 is 0 Å². The van der Waals surface area contributed by atoms with E-state index in [0.29, 0.717) is 16.9 Å². The molecule has 0 atom stereocenters. The van der Waals surface area contributed by atoms with Gasteiger partial charge in [0.25, 0.3) is 5.91 Å². The van der Waals surface area contributed by atoms with E-state index >= 15 is 0 Å². The number of amides is 1. The first-order valence-corrected chi connectivity index (χ1v) is 10.7. The molecule has 0 aliphatic carbocycles. The number of nitrogens with one attached hydrogen (secondary N) is 2. The van der Waals surface area contributed by atoms with Crippen molar-refractivity contribution < 1.29 is 4.79 Å². The van der Waals surface area contributed by atoms with E-state index in [-0.39, 0.29) is 5.91 Å². The number of hydrogen-bond acceptors (Lipinski definition) is 6. The van der Waals surface area contributed by atoms with Crippen molar-refractivity contribution in [2.45, 2.75) is 6.92 Å². The van der Waals surface area contributed by atoms with Gasteiger partial charge in [0.2, 0.25) is 0 Å². The van der Waals surface area contributed by atoms with Crippen molar-refractivity contribution in [2.24, 2.45) is 0 Å². The fraction of sp³-hybridized carbons (Fsp3) is 0.200. The molecule has 1 saturated heterocycles. The monoisotopic (exact) mass is 424 g/mol. The van der Waals surface area contributed by atoms with Crippen LogP contribution in [0.25, 0.3) is 22.3 Å². The molecule has 7 nitrogen and oxygen atoms in total. The van der Waals surface area contributed by atoms with Gasteiger partial charge < -0.3 is 15.5 Å². The molecule has 0 radical (unpaired) electrons. The number of carbonyl (C=O) groups is 1. The van der Waals surface area contributed by atoms with E-state index in [9.17, 15) is 4.79 Å². The molecule has 160 valence electrons. The normalized spacial score (nSPS) is 13.8. The maximum atomic E-state index is 12.7. The topological polar surface area (TPSA) is 83.0 Å². The highest BCUT2D eigenvalue weighted by Crippen LogP contribution is 2.26. The average molecular weight is 425 g/mol. The maximum absolute atomic E-state index is 12.7. The molecule has 32 heavy (non-hydrogen) atoms.